The number of benzene rings is 1. The van der Waals surface area contributed by atoms with Crippen LogP contribution in [0.3, 0.4) is 0 Å². The molecule has 2 heterocycles. The van der Waals surface area contributed by atoms with E-state index in [0.717, 1.165) is 18.9 Å². The molecular formula is C12H16ClN3S. The fraction of sp³-hybridized carbons (Fsp3) is 0.417. The molecule has 0 unspecified atom stereocenters. The van der Waals surface area contributed by atoms with Gasteiger partial charge in [0.15, 0.2) is 0 Å². The Morgan fingerprint density at radius 2 is 2.24 bits per heavy atom. The molecule has 1 aromatic carbocycles. The third-order valence-electron chi connectivity index (χ3n) is 3.02. The Morgan fingerprint density at radius 1 is 1.35 bits per heavy atom. The van der Waals surface area contributed by atoms with Crippen molar-refractivity contribution in [1.82, 2.24) is 9.69 Å². The molecule has 0 spiro atoms. The van der Waals surface area contributed by atoms with Crippen molar-refractivity contribution in [1.29, 1.82) is 0 Å². The maximum absolute atomic E-state index is 4.49. The second-order valence-electron chi connectivity index (χ2n) is 4.21. The monoisotopic (exact) mass is 269 g/mol. The highest BCUT2D eigenvalue weighted by Gasteiger charge is 2.14. The van der Waals surface area contributed by atoms with E-state index in [9.17, 15) is 0 Å². The highest BCUT2D eigenvalue weighted by molar-refractivity contribution is 7.13. The largest absolute Gasteiger partial charge is 0.365 e. The summed E-state index contributed by atoms with van der Waals surface area (Å²) in [5, 5.41) is 8.20. The maximum atomic E-state index is 4.49. The second-order valence-corrected chi connectivity index (χ2v) is 5.02. The van der Waals surface area contributed by atoms with E-state index in [1.165, 1.54) is 22.9 Å². The summed E-state index contributed by atoms with van der Waals surface area (Å²) in [6, 6.07) is 8.92. The molecule has 0 amide bonds. The second kappa shape index (κ2) is 5.67. The van der Waals surface area contributed by atoms with E-state index in [2.05, 4.69) is 39.3 Å². The van der Waals surface area contributed by atoms with Crippen LogP contribution in [0.1, 0.15) is 12.8 Å². The molecule has 1 aliphatic rings. The lowest BCUT2D eigenvalue weighted by Gasteiger charge is -2.23. The van der Waals surface area contributed by atoms with Gasteiger partial charge in [0.2, 0.25) is 0 Å². The standard InChI is InChI=1S/C12H15N3S.ClH/c1-2-6-11-10(5-1)12(15-16-11)14-9-4-3-7-13-8-9;/h1-2,5-6,9,13H,3-4,7-8H2,(H,14,15);1H/t9-;/m0./s1. The van der Waals surface area contributed by atoms with E-state index in [0.29, 0.717) is 6.04 Å². The van der Waals surface area contributed by atoms with Gasteiger partial charge < -0.3 is 10.6 Å². The average Bonchev–Trinajstić information content (AvgIpc) is 2.74. The first-order chi connectivity index (χ1) is 7.93. The summed E-state index contributed by atoms with van der Waals surface area (Å²) in [6.07, 6.45) is 2.48. The highest BCUT2D eigenvalue weighted by atomic mass is 35.5. The van der Waals surface area contributed by atoms with Gasteiger partial charge in [0.05, 0.1) is 4.70 Å². The van der Waals surface area contributed by atoms with E-state index in [1.54, 1.807) is 11.5 Å². The topological polar surface area (TPSA) is 37.0 Å². The minimum absolute atomic E-state index is 0. The van der Waals surface area contributed by atoms with Gasteiger partial charge in [0.25, 0.3) is 0 Å². The van der Waals surface area contributed by atoms with E-state index in [4.69, 9.17) is 0 Å². The molecule has 1 saturated heterocycles. The Bertz CT molecular complexity index is 479. The van der Waals surface area contributed by atoms with Gasteiger partial charge in [-0.3, -0.25) is 0 Å². The lowest BCUT2D eigenvalue weighted by Crippen LogP contribution is -2.38. The molecule has 3 nitrogen and oxygen atoms in total. The molecule has 1 fully saturated rings. The van der Waals surface area contributed by atoms with Crippen LogP contribution in [0.4, 0.5) is 5.82 Å². The van der Waals surface area contributed by atoms with Crippen LogP contribution in [0.25, 0.3) is 10.1 Å². The number of nitrogens with one attached hydrogen (secondary N) is 2. The van der Waals surface area contributed by atoms with E-state index in [-0.39, 0.29) is 12.4 Å². The zero-order chi connectivity index (χ0) is 10.8. The Hall–Kier alpha value is -0.840. The Labute approximate surface area is 111 Å². The van der Waals surface area contributed by atoms with Crippen molar-refractivity contribution >= 4 is 39.8 Å². The molecule has 5 heteroatoms. The van der Waals surface area contributed by atoms with Gasteiger partial charge in [-0.05, 0) is 43.1 Å². The summed E-state index contributed by atoms with van der Waals surface area (Å²) in [4.78, 5) is 0. The predicted molar refractivity (Wildman–Crippen MR) is 76.4 cm³/mol. The van der Waals surface area contributed by atoms with Gasteiger partial charge in [0.1, 0.15) is 5.82 Å². The van der Waals surface area contributed by atoms with Crippen LogP contribution in [-0.2, 0) is 0 Å². The van der Waals surface area contributed by atoms with Gasteiger partial charge in [-0.15, -0.1) is 12.4 Å². The van der Waals surface area contributed by atoms with Crippen LogP contribution in [0, 0.1) is 0 Å². The van der Waals surface area contributed by atoms with Gasteiger partial charge in [0, 0.05) is 18.0 Å². The summed E-state index contributed by atoms with van der Waals surface area (Å²) in [5.74, 6) is 1.05. The summed E-state index contributed by atoms with van der Waals surface area (Å²) in [5.41, 5.74) is 0. The van der Waals surface area contributed by atoms with Gasteiger partial charge in [-0.1, -0.05) is 12.1 Å². The van der Waals surface area contributed by atoms with E-state index < -0.39 is 0 Å². The lowest BCUT2D eigenvalue weighted by atomic mass is 10.1. The van der Waals surface area contributed by atoms with Crippen LogP contribution in [0.2, 0.25) is 0 Å². The number of fused-ring (bicyclic) bond motifs is 1. The summed E-state index contributed by atoms with van der Waals surface area (Å²) >= 11 is 1.57. The quantitative estimate of drug-likeness (QED) is 0.880. The molecule has 17 heavy (non-hydrogen) atoms. The van der Waals surface area contributed by atoms with Crippen LogP contribution in [-0.4, -0.2) is 23.5 Å². The molecule has 0 saturated carbocycles. The fourth-order valence-corrected chi connectivity index (χ4v) is 2.90. The van der Waals surface area contributed by atoms with Crippen LogP contribution < -0.4 is 10.6 Å². The highest BCUT2D eigenvalue weighted by Crippen LogP contribution is 2.27. The van der Waals surface area contributed by atoms with Crippen molar-refractivity contribution in [2.24, 2.45) is 0 Å². The molecule has 0 radical (unpaired) electrons. The molecular weight excluding hydrogens is 254 g/mol. The number of hydrogen-bond donors (Lipinski definition) is 2. The predicted octanol–water partition coefficient (Wildman–Crippen LogP) is 2.88. The number of aromatic nitrogens is 1. The number of anilines is 1. The molecule has 1 aromatic heterocycles. The summed E-state index contributed by atoms with van der Waals surface area (Å²) < 4.78 is 5.75. The van der Waals surface area contributed by atoms with Crippen molar-refractivity contribution in [2.45, 2.75) is 18.9 Å². The maximum Gasteiger partial charge on any atom is 0.147 e. The van der Waals surface area contributed by atoms with Crippen molar-refractivity contribution in [3.63, 3.8) is 0 Å². The van der Waals surface area contributed by atoms with Crippen LogP contribution in [0.15, 0.2) is 24.3 Å². The van der Waals surface area contributed by atoms with E-state index >= 15 is 0 Å². The summed E-state index contributed by atoms with van der Waals surface area (Å²) in [7, 11) is 0. The Kier molecular flexibility index (Phi) is 4.20. The Morgan fingerprint density at radius 3 is 3.06 bits per heavy atom. The van der Waals surface area contributed by atoms with Crippen LogP contribution in [0.5, 0.6) is 0 Å². The molecule has 3 rings (SSSR count). The average molecular weight is 270 g/mol. The van der Waals surface area contributed by atoms with Crippen molar-refractivity contribution in [3.05, 3.63) is 24.3 Å². The van der Waals surface area contributed by atoms with Gasteiger partial charge in [-0.2, -0.15) is 4.37 Å². The zero-order valence-electron chi connectivity index (χ0n) is 9.48. The minimum Gasteiger partial charge on any atom is -0.365 e. The van der Waals surface area contributed by atoms with Crippen molar-refractivity contribution in [3.8, 4) is 0 Å². The van der Waals surface area contributed by atoms with Crippen LogP contribution >= 0.6 is 23.9 Å². The normalized spacial score (nSPS) is 19.9. The number of halogens is 1. The zero-order valence-corrected chi connectivity index (χ0v) is 11.1. The molecule has 0 bridgehead atoms. The SMILES string of the molecule is Cl.c1ccc2c(N[C@H]3CCCNC3)nsc2c1. The first-order valence-electron chi connectivity index (χ1n) is 5.75. The van der Waals surface area contributed by atoms with Crippen molar-refractivity contribution < 1.29 is 0 Å². The molecule has 92 valence electrons. The molecule has 2 aromatic rings. The summed E-state index contributed by atoms with van der Waals surface area (Å²) in [6.45, 7) is 2.20. The number of hydrogen-bond acceptors (Lipinski definition) is 4. The molecule has 0 aliphatic carbocycles. The smallest absolute Gasteiger partial charge is 0.147 e. The fourth-order valence-electron chi connectivity index (χ4n) is 2.16. The third-order valence-corrected chi connectivity index (χ3v) is 3.84. The van der Waals surface area contributed by atoms with E-state index in [1.807, 2.05) is 0 Å². The van der Waals surface area contributed by atoms with Crippen molar-refractivity contribution in [2.75, 3.05) is 18.4 Å². The number of piperidine rings is 1. The first-order valence-corrected chi connectivity index (χ1v) is 6.52. The third kappa shape index (κ3) is 2.70. The van der Waals surface area contributed by atoms with Gasteiger partial charge in [-0.25, -0.2) is 0 Å². The molecule has 1 atom stereocenters. The van der Waals surface area contributed by atoms with Gasteiger partial charge >= 0.3 is 0 Å². The molecule has 2 N–H and O–H groups in total. The minimum atomic E-state index is 0. The number of rotatable bonds is 2. The Balaban J connectivity index is 0.00000108. The molecule has 1 aliphatic heterocycles. The number of nitrogens with zero attached hydrogens (tertiary/aromatic N) is 1. The lowest BCUT2D eigenvalue weighted by molar-refractivity contribution is 0.479. The first kappa shape index (κ1) is 12.6.